The summed E-state index contributed by atoms with van der Waals surface area (Å²) in [5.74, 6) is 1.90. The molecule has 8 heteroatoms. The van der Waals surface area contributed by atoms with E-state index >= 15 is 0 Å². The number of aryl methyl sites for hydroxylation is 1. The number of hydrogen-bond acceptors (Lipinski definition) is 7. The molecule has 136 valence electrons. The molecule has 0 saturated carbocycles. The van der Waals surface area contributed by atoms with E-state index < -0.39 is 0 Å². The third-order valence-electron chi connectivity index (χ3n) is 4.31. The van der Waals surface area contributed by atoms with Crippen LogP contribution in [0.1, 0.15) is 5.56 Å². The summed E-state index contributed by atoms with van der Waals surface area (Å²) in [5, 5.41) is 18.2. The Morgan fingerprint density at radius 2 is 1.74 bits per heavy atom. The number of methoxy groups -OCH3 is 2. The molecule has 0 aliphatic heterocycles. The lowest BCUT2D eigenvalue weighted by Crippen LogP contribution is -1.94. The monoisotopic (exact) mass is 363 g/mol. The average molecular weight is 363 g/mol. The number of tetrazole rings is 1. The fourth-order valence-corrected chi connectivity index (χ4v) is 3.02. The summed E-state index contributed by atoms with van der Waals surface area (Å²) in [4.78, 5) is 0. The van der Waals surface area contributed by atoms with Crippen LogP contribution in [-0.4, -0.2) is 40.0 Å². The van der Waals surface area contributed by atoms with Crippen molar-refractivity contribution in [3.63, 3.8) is 0 Å². The van der Waals surface area contributed by atoms with E-state index in [2.05, 4.69) is 25.8 Å². The number of benzene rings is 2. The standard InChI is InChI=1S/C19H17N5O3/c1-11-8-14(9-16(25-2)18(11)26-3)17-15(10-27-22-17)12-4-6-13(7-5-12)19-20-23-24-21-19/h4-10H,1-3H3,(H,20,21,23,24). The average Bonchev–Trinajstić information content (AvgIpc) is 3.39. The molecule has 8 nitrogen and oxygen atoms in total. The van der Waals surface area contributed by atoms with E-state index in [9.17, 15) is 0 Å². The van der Waals surface area contributed by atoms with E-state index in [1.54, 1.807) is 20.5 Å². The van der Waals surface area contributed by atoms with Crippen molar-refractivity contribution in [3.05, 3.63) is 48.2 Å². The Labute approximate surface area is 155 Å². The van der Waals surface area contributed by atoms with Crippen LogP contribution in [0.25, 0.3) is 33.8 Å². The molecule has 0 amide bonds. The second-order valence-corrected chi connectivity index (χ2v) is 5.92. The van der Waals surface area contributed by atoms with Crippen molar-refractivity contribution in [1.82, 2.24) is 25.8 Å². The maximum absolute atomic E-state index is 5.45. The first-order valence-electron chi connectivity index (χ1n) is 8.23. The molecule has 0 bridgehead atoms. The summed E-state index contributed by atoms with van der Waals surface area (Å²) < 4.78 is 16.1. The second kappa shape index (κ2) is 6.91. The van der Waals surface area contributed by atoms with Gasteiger partial charge in [0, 0.05) is 16.7 Å². The van der Waals surface area contributed by atoms with Gasteiger partial charge in [-0.1, -0.05) is 29.4 Å². The Morgan fingerprint density at radius 1 is 0.963 bits per heavy atom. The minimum Gasteiger partial charge on any atom is -0.493 e. The number of ether oxygens (including phenoxy) is 2. The van der Waals surface area contributed by atoms with Crippen molar-refractivity contribution in [3.8, 4) is 45.3 Å². The minimum atomic E-state index is 0.544. The maximum Gasteiger partial charge on any atom is 0.204 e. The van der Waals surface area contributed by atoms with Crippen molar-refractivity contribution in [1.29, 1.82) is 0 Å². The third kappa shape index (κ3) is 3.01. The minimum absolute atomic E-state index is 0.544. The number of aromatic amines is 1. The molecular formula is C19H17N5O3. The fourth-order valence-electron chi connectivity index (χ4n) is 3.02. The van der Waals surface area contributed by atoms with Crippen LogP contribution in [-0.2, 0) is 0 Å². The molecular weight excluding hydrogens is 346 g/mol. The normalized spacial score (nSPS) is 10.8. The lowest BCUT2D eigenvalue weighted by molar-refractivity contribution is 0.353. The highest BCUT2D eigenvalue weighted by Gasteiger charge is 2.17. The molecule has 0 unspecified atom stereocenters. The second-order valence-electron chi connectivity index (χ2n) is 5.92. The molecule has 0 radical (unpaired) electrons. The van der Waals surface area contributed by atoms with Crippen molar-refractivity contribution < 1.29 is 14.0 Å². The Kier molecular flexibility index (Phi) is 4.29. The van der Waals surface area contributed by atoms with Gasteiger partial charge in [0.2, 0.25) is 5.82 Å². The summed E-state index contributed by atoms with van der Waals surface area (Å²) >= 11 is 0. The molecule has 0 fully saturated rings. The van der Waals surface area contributed by atoms with Gasteiger partial charge in [-0.3, -0.25) is 0 Å². The van der Waals surface area contributed by atoms with Gasteiger partial charge in [0.1, 0.15) is 12.0 Å². The van der Waals surface area contributed by atoms with Gasteiger partial charge < -0.3 is 14.0 Å². The molecule has 0 aliphatic carbocycles. The number of aromatic nitrogens is 5. The van der Waals surface area contributed by atoms with E-state index in [1.807, 2.05) is 43.3 Å². The first-order chi connectivity index (χ1) is 13.2. The number of nitrogens with zero attached hydrogens (tertiary/aromatic N) is 4. The van der Waals surface area contributed by atoms with E-state index in [-0.39, 0.29) is 0 Å². The number of nitrogens with one attached hydrogen (secondary N) is 1. The van der Waals surface area contributed by atoms with Crippen LogP contribution in [0.4, 0.5) is 0 Å². The Hall–Kier alpha value is -3.68. The molecule has 2 aromatic carbocycles. The van der Waals surface area contributed by atoms with Crippen LogP contribution in [0, 0.1) is 6.92 Å². The summed E-state index contributed by atoms with van der Waals surface area (Å²) in [6.45, 7) is 1.96. The van der Waals surface area contributed by atoms with E-state index in [1.165, 1.54) is 0 Å². The highest BCUT2D eigenvalue weighted by atomic mass is 16.5. The van der Waals surface area contributed by atoms with Gasteiger partial charge in [-0.25, -0.2) is 0 Å². The van der Waals surface area contributed by atoms with Crippen LogP contribution in [0.5, 0.6) is 11.5 Å². The lowest BCUT2D eigenvalue weighted by Gasteiger charge is -2.12. The summed E-state index contributed by atoms with van der Waals surface area (Å²) in [7, 11) is 3.23. The van der Waals surface area contributed by atoms with Gasteiger partial charge >= 0.3 is 0 Å². The van der Waals surface area contributed by atoms with E-state index in [4.69, 9.17) is 14.0 Å². The molecule has 4 rings (SSSR count). The van der Waals surface area contributed by atoms with Gasteiger partial charge in [-0.2, -0.15) is 5.21 Å². The molecule has 0 spiro atoms. The predicted octanol–water partition coefficient (Wildman–Crippen LogP) is 3.51. The number of H-pyrrole nitrogens is 1. The smallest absolute Gasteiger partial charge is 0.204 e. The van der Waals surface area contributed by atoms with Crippen LogP contribution < -0.4 is 9.47 Å². The summed E-state index contributed by atoms with van der Waals surface area (Å²) in [6, 6.07) is 11.7. The van der Waals surface area contributed by atoms with Crippen molar-refractivity contribution >= 4 is 0 Å². The Morgan fingerprint density at radius 3 is 2.41 bits per heavy atom. The van der Waals surface area contributed by atoms with Gasteiger partial charge in [0.05, 0.1) is 14.2 Å². The van der Waals surface area contributed by atoms with Crippen molar-refractivity contribution in [2.45, 2.75) is 6.92 Å². The van der Waals surface area contributed by atoms with Gasteiger partial charge in [0.25, 0.3) is 0 Å². The largest absolute Gasteiger partial charge is 0.493 e. The molecule has 2 heterocycles. The highest BCUT2D eigenvalue weighted by molar-refractivity contribution is 5.82. The molecule has 0 aliphatic rings. The van der Waals surface area contributed by atoms with Crippen LogP contribution in [0.2, 0.25) is 0 Å². The first-order valence-corrected chi connectivity index (χ1v) is 8.23. The Balaban J connectivity index is 1.74. The zero-order valence-electron chi connectivity index (χ0n) is 15.1. The van der Waals surface area contributed by atoms with Gasteiger partial charge in [-0.05, 0) is 35.4 Å². The summed E-state index contributed by atoms with van der Waals surface area (Å²) in [5.41, 5.74) is 5.27. The summed E-state index contributed by atoms with van der Waals surface area (Å²) in [6.07, 6.45) is 1.63. The quantitative estimate of drug-likeness (QED) is 0.579. The Bertz CT molecular complexity index is 1060. The van der Waals surface area contributed by atoms with Crippen LogP contribution in [0.15, 0.2) is 47.2 Å². The highest BCUT2D eigenvalue weighted by Crippen LogP contribution is 2.38. The van der Waals surface area contributed by atoms with Gasteiger partial charge in [0.15, 0.2) is 11.5 Å². The van der Waals surface area contributed by atoms with Gasteiger partial charge in [-0.15, -0.1) is 10.2 Å². The SMILES string of the molecule is COc1cc(-c2nocc2-c2ccc(-c3nn[nH]n3)cc2)cc(C)c1OC. The van der Waals surface area contributed by atoms with Crippen LogP contribution >= 0.6 is 0 Å². The lowest BCUT2D eigenvalue weighted by atomic mass is 9.99. The molecule has 0 saturated heterocycles. The molecule has 27 heavy (non-hydrogen) atoms. The van der Waals surface area contributed by atoms with Crippen molar-refractivity contribution in [2.75, 3.05) is 14.2 Å². The first kappa shape index (κ1) is 16.8. The zero-order valence-corrected chi connectivity index (χ0v) is 15.1. The molecule has 0 atom stereocenters. The predicted molar refractivity (Wildman–Crippen MR) is 98.4 cm³/mol. The molecule has 4 aromatic rings. The number of hydrogen-bond donors (Lipinski definition) is 1. The van der Waals surface area contributed by atoms with E-state index in [0.29, 0.717) is 17.3 Å². The zero-order chi connectivity index (χ0) is 18.8. The third-order valence-corrected chi connectivity index (χ3v) is 4.31. The molecule has 1 N–H and O–H groups in total. The maximum atomic E-state index is 5.45. The van der Waals surface area contributed by atoms with Crippen LogP contribution in [0.3, 0.4) is 0 Å². The number of rotatable bonds is 5. The van der Waals surface area contributed by atoms with Crippen molar-refractivity contribution in [2.24, 2.45) is 0 Å². The fraction of sp³-hybridized carbons (Fsp3) is 0.158. The topological polar surface area (TPSA) is 99.0 Å². The molecule has 2 aromatic heterocycles. The van der Waals surface area contributed by atoms with E-state index in [0.717, 1.165) is 33.5 Å².